The van der Waals surface area contributed by atoms with Crippen molar-refractivity contribution in [3.63, 3.8) is 0 Å². The molecule has 134 valence electrons. The molecule has 0 aliphatic heterocycles. The molecule has 0 saturated carbocycles. The topological polar surface area (TPSA) is 38.3 Å². The molecule has 0 aromatic heterocycles. The third-order valence-corrected chi connectivity index (χ3v) is 4.93. The van der Waals surface area contributed by atoms with Gasteiger partial charge in [0.1, 0.15) is 5.75 Å². The Morgan fingerprint density at radius 2 is 1.68 bits per heavy atom. The number of amides is 1. The fourth-order valence-corrected chi connectivity index (χ4v) is 2.80. The number of hydrogen-bond acceptors (Lipinski definition) is 2. The maximum atomic E-state index is 12.4. The van der Waals surface area contributed by atoms with Crippen LogP contribution in [0.25, 0.3) is 0 Å². The predicted molar refractivity (Wildman–Crippen MR) is 103 cm³/mol. The van der Waals surface area contributed by atoms with Crippen molar-refractivity contribution in [1.82, 2.24) is 5.32 Å². The maximum absolute atomic E-state index is 12.4. The van der Waals surface area contributed by atoms with Crippen LogP contribution in [0.15, 0.2) is 36.4 Å². The first-order valence-corrected chi connectivity index (χ1v) is 9.02. The molecule has 2 atom stereocenters. The fraction of sp³-hybridized carbons (Fsp3) is 0.381. The highest BCUT2D eigenvalue weighted by atomic mass is 35.5. The zero-order valence-corrected chi connectivity index (χ0v) is 16.3. The van der Waals surface area contributed by atoms with Crippen molar-refractivity contribution in [2.75, 3.05) is 0 Å². The highest BCUT2D eigenvalue weighted by Crippen LogP contribution is 2.26. The van der Waals surface area contributed by atoms with Crippen LogP contribution in [-0.2, 0) is 11.2 Å². The molecule has 0 bridgehead atoms. The molecule has 1 N–H and O–H groups in total. The monoisotopic (exact) mass is 359 g/mol. The predicted octanol–water partition coefficient (Wildman–Crippen LogP) is 5.16. The van der Waals surface area contributed by atoms with Gasteiger partial charge in [0.15, 0.2) is 6.10 Å². The Kier molecular flexibility index (Phi) is 6.49. The first-order valence-electron chi connectivity index (χ1n) is 8.64. The molecule has 4 heteroatoms. The van der Waals surface area contributed by atoms with Crippen molar-refractivity contribution >= 4 is 17.5 Å². The number of halogens is 1. The minimum Gasteiger partial charge on any atom is -0.481 e. The van der Waals surface area contributed by atoms with Gasteiger partial charge in [-0.1, -0.05) is 42.8 Å². The molecule has 3 nitrogen and oxygen atoms in total. The van der Waals surface area contributed by atoms with E-state index in [1.165, 1.54) is 5.56 Å². The molecule has 25 heavy (non-hydrogen) atoms. The second-order valence-corrected chi connectivity index (χ2v) is 6.83. The molecule has 0 aliphatic carbocycles. The molecule has 2 rings (SSSR count). The smallest absolute Gasteiger partial charge is 0.261 e. The number of benzene rings is 2. The molecule has 0 spiro atoms. The molecule has 0 unspecified atom stereocenters. The normalized spacial score (nSPS) is 13.2. The van der Waals surface area contributed by atoms with Crippen molar-refractivity contribution < 1.29 is 9.53 Å². The Morgan fingerprint density at radius 1 is 1.12 bits per heavy atom. The number of ether oxygens (including phenoxy) is 1. The minimum atomic E-state index is -0.586. The van der Waals surface area contributed by atoms with E-state index < -0.39 is 6.10 Å². The summed E-state index contributed by atoms with van der Waals surface area (Å²) in [6.07, 6.45) is 0.420. The summed E-state index contributed by atoms with van der Waals surface area (Å²) in [7, 11) is 0. The zero-order chi connectivity index (χ0) is 18.6. The number of carbonyl (C=O) groups is 1. The summed E-state index contributed by atoms with van der Waals surface area (Å²) in [4.78, 5) is 12.4. The van der Waals surface area contributed by atoms with Gasteiger partial charge in [-0.15, -0.1) is 0 Å². The van der Waals surface area contributed by atoms with Crippen LogP contribution in [0.2, 0.25) is 5.02 Å². The third-order valence-electron chi connectivity index (χ3n) is 4.34. The SMILES string of the molecule is CCc1ccc([C@H](C)NC(=O)[C@H](C)Oc2cc(C)c(Cl)c(C)c2)cc1. The van der Waals surface area contributed by atoms with E-state index in [0.717, 1.165) is 28.1 Å². The molecular formula is C21H26ClNO2. The van der Waals surface area contributed by atoms with E-state index in [2.05, 4.69) is 36.5 Å². The molecule has 0 radical (unpaired) electrons. The summed E-state index contributed by atoms with van der Waals surface area (Å²) in [5.41, 5.74) is 4.24. The van der Waals surface area contributed by atoms with E-state index in [0.29, 0.717) is 5.75 Å². The van der Waals surface area contributed by atoms with Gasteiger partial charge >= 0.3 is 0 Å². The van der Waals surface area contributed by atoms with E-state index in [9.17, 15) is 4.79 Å². The highest BCUT2D eigenvalue weighted by molar-refractivity contribution is 6.32. The number of rotatable bonds is 6. The van der Waals surface area contributed by atoms with Gasteiger partial charge in [-0.25, -0.2) is 0 Å². The van der Waals surface area contributed by atoms with Crippen molar-refractivity contribution in [2.24, 2.45) is 0 Å². The fourth-order valence-electron chi connectivity index (χ4n) is 2.69. The van der Waals surface area contributed by atoms with Gasteiger partial charge in [0, 0.05) is 5.02 Å². The Labute approximate surface area is 155 Å². The van der Waals surface area contributed by atoms with Gasteiger partial charge in [-0.05, 0) is 68.5 Å². The molecular weight excluding hydrogens is 334 g/mol. The van der Waals surface area contributed by atoms with E-state index in [4.69, 9.17) is 16.3 Å². The van der Waals surface area contributed by atoms with Crippen LogP contribution in [0.5, 0.6) is 5.75 Å². The zero-order valence-electron chi connectivity index (χ0n) is 15.5. The highest BCUT2D eigenvalue weighted by Gasteiger charge is 2.18. The number of carbonyl (C=O) groups excluding carboxylic acids is 1. The van der Waals surface area contributed by atoms with Gasteiger partial charge in [0.05, 0.1) is 6.04 Å². The van der Waals surface area contributed by atoms with Gasteiger partial charge in [0.2, 0.25) is 0 Å². The number of nitrogens with one attached hydrogen (secondary N) is 1. The van der Waals surface area contributed by atoms with E-state index in [-0.39, 0.29) is 11.9 Å². The third kappa shape index (κ3) is 4.99. The molecule has 0 saturated heterocycles. The largest absolute Gasteiger partial charge is 0.481 e. The Bertz CT molecular complexity index is 717. The molecule has 1 amide bonds. The molecule has 2 aromatic rings. The van der Waals surface area contributed by atoms with Gasteiger partial charge in [0.25, 0.3) is 5.91 Å². The quantitative estimate of drug-likeness (QED) is 0.773. The lowest BCUT2D eigenvalue weighted by atomic mass is 10.0. The average Bonchev–Trinajstić information content (AvgIpc) is 2.59. The van der Waals surface area contributed by atoms with Crippen LogP contribution in [0, 0.1) is 13.8 Å². The summed E-state index contributed by atoms with van der Waals surface area (Å²) in [5.74, 6) is 0.513. The minimum absolute atomic E-state index is 0.0712. The molecule has 0 aliphatic rings. The Balaban J connectivity index is 1.99. The van der Waals surface area contributed by atoms with Crippen molar-refractivity contribution in [2.45, 2.75) is 53.2 Å². The summed E-state index contributed by atoms with van der Waals surface area (Å²) in [6.45, 7) is 9.70. The van der Waals surface area contributed by atoms with Crippen LogP contribution in [-0.4, -0.2) is 12.0 Å². The lowest BCUT2D eigenvalue weighted by molar-refractivity contribution is -0.127. The standard InChI is InChI=1S/C21H26ClNO2/c1-6-17-7-9-18(10-8-17)15(4)23-21(24)16(5)25-19-11-13(2)20(22)14(3)12-19/h7-12,15-16H,6H2,1-5H3,(H,23,24)/t15-,16-/m0/s1. The van der Waals surface area contributed by atoms with Crippen LogP contribution in [0.3, 0.4) is 0 Å². The second-order valence-electron chi connectivity index (χ2n) is 6.46. The van der Waals surface area contributed by atoms with E-state index >= 15 is 0 Å². The Hall–Kier alpha value is -2.00. The summed E-state index contributed by atoms with van der Waals surface area (Å²) >= 11 is 6.17. The van der Waals surface area contributed by atoms with Crippen molar-refractivity contribution in [3.05, 3.63) is 63.7 Å². The molecule has 0 heterocycles. The van der Waals surface area contributed by atoms with Crippen molar-refractivity contribution in [1.29, 1.82) is 0 Å². The molecule has 2 aromatic carbocycles. The van der Waals surface area contributed by atoms with Crippen molar-refractivity contribution in [3.8, 4) is 5.75 Å². The second kappa shape index (κ2) is 8.39. The molecule has 0 fully saturated rings. The van der Waals surface area contributed by atoms with Crippen LogP contribution in [0.4, 0.5) is 0 Å². The van der Waals surface area contributed by atoms with Crippen LogP contribution in [0.1, 0.15) is 49.1 Å². The lowest BCUT2D eigenvalue weighted by Crippen LogP contribution is -2.37. The Morgan fingerprint density at radius 3 is 2.20 bits per heavy atom. The summed E-state index contributed by atoms with van der Waals surface area (Å²) in [5, 5.41) is 3.73. The first kappa shape index (κ1) is 19.3. The summed E-state index contributed by atoms with van der Waals surface area (Å²) in [6, 6.07) is 11.9. The van der Waals surface area contributed by atoms with Crippen LogP contribution < -0.4 is 10.1 Å². The van der Waals surface area contributed by atoms with Gasteiger partial charge < -0.3 is 10.1 Å². The lowest BCUT2D eigenvalue weighted by Gasteiger charge is -2.20. The van der Waals surface area contributed by atoms with Crippen LogP contribution >= 0.6 is 11.6 Å². The number of aryl methyl sites for hydroxylation is 3. The number of hydrogen-bond donors (Lipinski definition) is 1. The van der Waals surface area contributed by atoms with Gasteiger partial charge in [-0.3, -0.25) is 4.79 Å². The maximum Gasteiger partial charge on any atom is 0.261 e. The van der Waals surface area contributed by atoms with Gasteiger partial charge in [-0.2, -0.15) is 0 Å². The average molecular weight is 360 g/mol. The van der Waals surface area contributed by atoms with E-state index in [1.807, 2.05) is 32.9 Å². The van der Waals surface area contributed by atoms with E-state index in [1.54, 1.807) is 6.92 Å². The summed E-state index contributed by atoms with van der Waals surface area (Å²) < 4.78 is 5.80. The first-order chi connectivity index (χ1) is 11.8.